The third kappa shape index (κ3) is 2.40. The van der Waals surface area contributed by atoms with Crippen molar-refractivity contribution in [2.75, 3.05) is 5.32 Å². The minimum Gasteiger partial charge on any atom is -0.508 e. The van der Waals surface area contributed by atoms with Crippen LogP contribution in [0.15, 0.2) is 29.8 Å². The number of aromatic nitrogens is 1. The second kappa shape index (κ2) is 4.51. The topological polar surface area (TPSA) is 45.1 Å². The number of anilines is 1. The number of thiazole rings is 1. The molecule has 1 aromatic heterocycles. The Hall–Kier alpha value is -1.26. The number of nitrogens with zero attached hydrogens (tertiary/aromatic N) is 1. The zero-order chi connectivity index (χ0) is 10.7. The Kier molecular flexibility index (Phi) is 3.08. The molecule has 3 nitrogen and oxygen atoms in total. The monoisotopic (exact) mass is 240 g/mol. The summed E-state index contributed by atoms with van der Waals surface area (Å²) < 4.78 is 0. The van der Waals surface area contributed by atoms with Gasteiger partial charge in [0.15, 0.2) is 5.13 Å². The van der Waals surface area contributed by atoms with E-state index in [1.807, 2.05) is 5.38 Å². The molecule has 2 N–H and O–H groups in total. The molecule has 5 heteroatoms. The van der Waals surface area contributed by atoms with Crippen LogP contribution in [-0.4, -0.2) is 10.1 Å². The summed E-state index contributed by atoms with van der Waals surface area (Å²) in [6.07, 6.45) is 1.72. The molecule has 0 unspecified atom stereocenters. The van der Waals surface area contributed by atoms with E-state index in [1.165, 1.54) is 11.3 Å². The lowest BCUT2D eigenvalue weighted by Crippen LogP contribution is -1.99. The highest BCUT2D eigenvalue weighted by molar-refractivity contribution is 7.13. The van der Waals surface area contributed by atoms with E-state index in [9.17, 15) is 5.11 Å². The number of aromatic hydroxyl groups is 1. The highest BCUT2D eigenvalue weighted by atomic mass is 35.5. The molecule has 78 valence electrons. The lowest BCUT2D eigenvalue weighted by atomic mass is 10.2. The lowest BCUT2D eigenvalue weighted by Gasteiger charge is -2.07. The predicted octanol–water partition coefficient (Wildman–Crippen LogP) is 3.11. The normalized spacial score (nSPS) is 10.2. The second-order valence-corrected chi connectivity index (χ2v) is 4.23. The molecule has 0 saturated heterocycles. The van der Waals surface area contributed by atoms with Crippen molar-refractivity contribution < 1.29 is 5.11 Å². The fraction of sp³-hybridized carbons (Fsp3) is 0.100. The summed E-state index contributed by atoms with van der Waals surface area (Å²) in [5.41, 5.74) is 0.689. The zero-order valence-electron chi connectivity index (χ0n) is 7.77. The van der Waals surface area contributed by atoms with Gasteiger partial charge >= 0.3 is 0 Å². The molecule has 2 aromatic rings. The lowest BCUT2D eigenvalue weighted by molar-refractivity contribution is 0.469. The van der Waals surface area contributed by atoms with Gasteiger partial charge in [-0.25, -0.2) is 4.98 Å². The molecular formula is C10H9ClN2OS. The van der Waals surface area contributed by atoms with Crippen molar-refractivity contribution in [3.63, 3.8) is 0 Å². The third-order valence-electron chi connectivity index (χ3n) is 1.94. The molecule has 1 aromatic carbocycles. The van der Waals surface area contributed by atoms with Crippen LogP contribution < -0.4 is 5.32 Å². The van der Waals surface area contributed by atoms with Gasteiger partial charge in [-0.1, -0.05) is 17.7 Å². The first-order valence-corrected chi connectivity index (χ1v) is 5.63. The van der Waals surface area contributed by atoms with Crippen LogP contribution in [0.25, 0.3) is 0 Å². The molecule has 15 heavy (non-hydrogen) atoms. The fourth-order valence-electron chi connectivity index (χ4n) is 1.20. The quantitative estimate of drug-likeness (QED) is 0.867. The predicted molar refractivity (Wildman–Crippen MR) is 62.6 cm³/mol. The molecule has 0 amide bonds. The smallest absolute Gasteiger partial charge is 0.182 e. The van der Waals surface area contributed by atoms with Gasteiger partial charge < -0.3 is 10.4 Å². The molecule has 0 saturated carbocycles. The summed E-state index contributed by atoms with van der Waals surface area (Å²) in [5.74, 6) is 0.201. The maximum Gasteiger partial charge on any atom is 0.182 e. The zero-order valence-corrected chi connectivity index (χ0v) is 9.35. The SMILES string of the molecule is Oc1cccc(Cl)c1CNc1nccs1. The number of phenolic OH excluding ortho intramolecular Hbond substituents is 1. The molecule has 0 bridgehead atoms. The highest BCUT2D eigenvalue weighted by Crippen LogP contribution is 2.26. The minimum absolute atomic E-state index is 0.201. The molecule has 0 radical (unpaired) electrons. The maximum atomic E-state index is 9.58. The van der Waals surface area contributed by atoms with Gasteiger partial charge in [0.05, 0.1) is 0 Å². The summed E-state index contributed by atoms with van der Waals surface area (Å²) in [4.78, 5) is 4.07. The largest absolute Gasteiger partial charge is 0.508 e. The van der Waals surface area contributed by atoms with Crippen molar-refractivity contribution in [1.82, 2.24) is 4.98 Å². The van der Waals surface area contributed by atoms with Gasteiger partial charge in [0.25, 0.3) is 0 Å². The van der Waals surface area contributed by atoms with E-state index >= 15 is 0 Å². The number of hydrogen-bond donors (Lipinski definition) is 2. The standard InChI is InChI=1S/C10H9ClN2OS/c11-8-2-1-3-9(14)7(8)6-13-10-12-4-5-15-10/h1-5,14H,6H2,(H,12,13). The van der Waals surface area contributed by atoms with Gasteiger partial charge in [0.2, 0.25) is 0 Å². The molecule has 0 spiro atoms. The van der Waals surface area contributed by atoms with Crippen LogP contribution in [0.5, 0.6) is 5.75 Å². The molecule has 0 aliphatic heterocycles. The first-order chi connectivity index (χ1) is 7.27. The number of nitrogens with one attached hydrogen (secondary N) is 1. The number of halogens is 1. The molecule has 0 aliphatic carbocycles. The van der Waals surface area contributed by atoms with Crippen molar-refractivity contribution in [3.8, 4) is 5.75 Å². The van der Waals surface area contributed by atoms with Crippen molar-refractivity contribution in [2.24, 2.45) is 0 Å². The van der Waals surface area contributed by atoms with Gasteiger partial charge in [0.1, 0.15) is 5.75 Å². The Morgan fingerprint density at radius 1 is 1.47 bits per heavy atom. The van der Waals surface area contributed by atoms with Crippen molar-refractivity contribution in [1.29, 1.82) is 0 Å². The van der Waals surface area contributed by atoms with E-state index in [4.69, 9.17) is 11.6 Å². The van der Waals surface area contributed by atoms with Crippen LogP contribution in [0, 0.1) is 0 Å². The van der Waals surface area contributed by atoms with Crippen molar-refractivity contribution >= 4 is 28.1 Å². The average Bonchev–Trinajstić information content (AvgIpc) is 2.70. The van der Waals surface area contributed by atoms with E-state index in [-0.39, 0.29) is 5.75 Å². The van der Waals surface area contributed by atoms with Gasteiger partial charge in [-0.15, -0.1) is 11.3 Å². The van der Waals surface area contributed by atoms with Gasteiger partial charge in [-0.2, -0.15) is 0 Å². The molecule has 0 aliphatic rings. The first kappa shape index (κ1) is 10.3. The first-order valence-electron chi connectivity index (χ1n) is 4.37. The fourth-order valence-corrected chi connectivity index (χ4v) is 1.96. The Morgan fingerprint density at radius 2 is 2.33 bits per heavy atom. The van der Waals surface area contributed by atoms with Gasteiger partial charge in [-0.3, -0.25) is 0 Å². The summed E-state index contributed by atoms with van der Waals surface area (Å²) >= 11 is 7.46. The van der Waals surface area contributed by atoms with Gasteiger partial charge in [-0.05, 0) is 12.1 Å². The van der Waals surface area contributed by atoms with E-state index < -0.39 is 0 Å². The molecule has 1 heterocycles. The van der Waals surface area contributed by atoms with Crippen LogP contribution in [0.2, 0.25) is 5.02 Å². The third-order valence-corrected chi connectivity index (χ3v) is 3.03. The summed E-state index contributed by atoms with van der Waals surface area (Å²) in [6.45, 7) is 0.471. The molecule has 2 rings (SSSR count). The highest BCUT2D eigenvalue weighted by Gasteiger charge is 2.05. The Bertz CT molecular complexity index is 424. The van der Waals surface area contributed by atoms with Crippen molar-refractivity contribution in [2.45, 2.75) is 6.54 Å². The van der Waals surface area contributed by atoms with E-state index in [1.54, 1.807) is 24.4 Å². The Balaban J connectivity index is 2.11. The number of phenols is 1. The number of rotatable bonds is 3. The minimum atomic E-state index is 0.201. The number of hydrogen-bond acceptors (Lipinski definition) is 4. The van der Waals surface area contributed by atoms with Gasteiger partial charge in [0, 0.05) is 28.7 Å². The van der Waals surface area contributed by atoms with Crippen LogP contribution in [0.3, 0.4) is 0 Å². The van der Waals surface area contributed by atoms with Crippen LogP contribution in [0.1, 0.15) is 5.56 Å². The van der Waals surface area contributed by atoms with E-state index in [0.717, 1.165) is 5.13 Å². The summed E-state index contributed by atoms with van der Waals surface area (Å²) in [7, 11) is 0. The maximum absolute atomic E-state index is 9.58. The van der Waals surface area contributed by atoms with E-state index in [0.29, 0.717) is 17.1 Å². The molecule has 0 fully saturated rings. The van der Waals surface area contributed by atoms with E-state index in [2.05, 4.69) is 10.3 Å². The van der Waals surface area contributed by atoms with Crippen molar-refractivity contribution in [3.05, 3.63) is 40.4 Å². The van der Waals surface area contributed by atoms with Crippen LogP contribution in [0.4, 0.5) is 5.13 Å². The Morgan fingerprint density at radius 3 is 3.00 bits per heavy atom. The van der Waals surface area contributed by atoms with Crippen LogP contribution >= 0.6 is 22.9 Å². The Labute approximate surface area is 96.4 Å². The average molecular weight is 241 g/mol. The van der Waals surface area contributed by atoms with Crippen LogP contribution in [-0.2, 0) is 6.54 Å². The second-order valence-electron chi connectivity index (χ2n) is 2.93. The molecule has 0 atom stereocenters. The molecular weight excluding hydrogens is 232 g/mol. The summed E-state index contributed by atoms with van der Waals surface area (Å²) in [6, 6.07) is 5.08. The number of benzene rings is 1. The summed E-state index contributed by atoms with van der Waals surface area (Å²) in [5, 5.41) is 15.9.